The van der Waals surface area contributed by atoms with Crippen LogP contribution in [0.2, 0.25) is 0 Å². The number of amides is 3. The maximum absolute atomic E-state index is 12.8. The van der Waals surface area contributed by atoms with Gasteiger partial charge in [0.15, 0.2) is 11.5 Å². The first-order valence-corrected chi connectivity index (χ1v) is 9.29. The Morgan fingerprint density at radius 2 is 1.93 bits per heavy atom. The van der Waals surface area contributed by atoms with Crippen LogP contribution in [0, 0.1) is 0 Å². The highest BCUT2D eigenvalue weighted by Gasteiger charge is 2.31. The molecule has 0 bridgehead atoms. The molecule has 8 heteroatoms. The number of hydrogen-bond donors (Lipinski definition) is 1. The largest absolute Gasteiger partial charge is 0.454 e. The summed E-state index contributed by atoms with van der Waals surface area (Å²) in [6, 6.07) is 14.6. The van der Waals surface area contributed by atoms with Crippen LogP contribution in [0.3, 0.4) is 0 Å². The smallest absolute Gasteiger partial charge is 0.325 e. The van der Waals surface area contributed by atoms with Crippen LogP contribution in [0.1, 0.15) is 0 Å². The van der Waals surface area contributed by atoms with Gasteiger partial charge in [-0.1, -0.05) is 18.2 Å². The average Bonchev–Trinajstić information content (AvgIpc) is 3.34. The van der Waals surface area contributed by atoms with Gasteiger partial charge in [-0.3, -0.25) is 14.7 Å². The number of carbonyl (C=O) groups excluding carboxylic acids is 2. The lowest BCUT2D eigenvalue weighted by atomic mass is 10.2. The molecule has 0 aliphatic carbocycles. The molecule has 5 rings (SSSR count). The summed E-state index contributed by atoms with van der Waals surface area (Å²) < 4.78 is 10.7. The highest BCUT2D eigenvalue weighted by molar-refractivity contribution is 6.03. The number of ether oxygens (including phenoxy) is 2. The minimum absolute atomic E-state index is 0.0247. The first-order valence-electron chi connectivity index (χ1n) is 9.29. The molecular weight excluding hydrogens is 372 g/mol. The van der Waals surface area contributed by atoms with Gasteiger partial charge in [0.05, 0.1) is 11.2 Å². The third kappa shape index (κ3) is 3.18. The van der Waals surface area contributed by atoms with Crippen molar-refractivity contribution < 1.29 is 19.1 Å². The third-order valence-electron chi connectivity index (χ3n) is 5.00. The predicted octanol–water partition coefficient (Wildman–Crippen LogP) is 2.84. The summed E-state index contributed by atoms with van der Waals surface area (Å²) in [6.07, 6.45) is 1.69. The molecule has 2 aromatic carbocycles. The van der Waals surface area contributed by atoms with Gasteiger partial charge in [0.1, 0.15) is 6.54 Å². The number of rotatable bonds is 4. The van der Waals surface area contributed by atoms with Crippen LogP contribution >= 0.6 is 0 Å². The van der Waals surface area contributed by atoms with E-state index in [-0.39, 0.29) is 25.3 Å². The number of benzene rings is 2. The van der Waals surface area contributed by atoms with E-state index < -0.39 is 0 Å². The first-order chi connectivity index (χ1) is 14.2. The van der Waals surface area contributed by atoms with Crippen molar-refractivity contribution in [2.45, 2.75) is 0 Å². The Bertz CT molecular complexity index is 1110. The van der Waals surface area contributed by atoms with E-state index in [1.165, 1.54) is 4.90 Å². The minimum atomic E-state index is -0.260. The number of nitrogens with zero attached hydrogens (tertiary/aromatic N) is 3. The lowest BCUT2D eigenvalue weighted by Gasteiger charge is -2.19. The Morgan fingerprint density at radius 1 is 1.07 bits per heavy atom. The van der Waals surface area contributed by atoms with Crippen LogP contribution in [0.4, 0.5) is 16.2 Å². The maximum atomic E-state index is 12.8. The molecule has 0 saturated carbocycles. The first kappa shape index (κ1) is 17.3. The van der Waals surface area contributed by atoms with Crippen LogP contribution < -0.4 is 19.7 Å². The van der Waals surface area contributed by atoms with Crippen molar-refractivity contribution in [2.24, 2.45) is 0 Å². The Kier molecular flexibility index (Phi) is 4.16. The minimum Gasteiger partial charge on any atom is -0.454 e. The molecule has 1 aromatic heterocycles. The summed E-state index contributed by atoms with van der Waals surface area (Å²) in [6.45, 7) is 1.13. The number of hydrogen-bond acceptors (Lipinski definition) is 5. The Labute approximate surface area is 166 Å². The molecule has 3 amide bonds. The Morgan fingerprint density at radius 3 is 2.86 bits per heavy atom. The fourth-order valence-corrected chi connectivity index (χ4v) is 3.59. The normalized spacial score (nSPS) is 15.2. The van der Waals surface area contributed by atoms with Gasteiger partial charge in [0.2, 0.25) is 12.7 Å². The van der Waals surface area contributed by atoms with Gasteiger partial charge < -0.3 is 19.7 Å². The molecule has 1 fully saturated rings. The van der Waals surface area contributed by atoms with E-state index in [1.54, 1.807) is 29.3 Å². The maximum Gasteiger partial charge on any atom is 0.325 e. The molecule has 0 unspecified atom stereocenters. The highest BCUT2D eigenvalue weighted by atomic mass is 16.7. The van der Waals surface area contributed by atoms with Gasteiger partial charge in [-0.2, -0.15) is 0 Å². The number of aromatic nitrogens is 1. The zero-order valence-corrected chi connectivity index (χ0v) is 15.5. The molecule has 2 aliphatic rings. The lowest BCUT2D eigenvalue weighted by Crippen LogP contribution is -2.37. The summed E-state index contributed by atoms with van der Waals surface area (Å²) in [5, 5.41) is 3.81. The van der Waals surface area contributed by atoms with Crippen LogP contribution in [0.15, 0.2) is 54.7 Å². The van der Waals surface area contributed by atoms with Crippen molar-refractivity contribution in [1.29, 1.82) is 0 Å². The standard InChI is InChI=1S/C21H18N4O4/c26-19(23-16-5-1-3-14-4-2-8-22-20(14)16)12-24-9-10-25(21(24)27)15-6-7-17-18(11-15)29-13-28-17/h1-8,11H,9-10,12-13H2,(H,23,26). The molecule has 8 nitrogen and oxygen atoms in total. The molecule has 146 valence electrons. The summed E-state index contributed by atoms with van der Waals surface area (Å²) in [4.78, 5) is 32.9. The number of fused-ring (bicyclic) bond motifs is 2. The van der Waals surface area contributed by atoms with Crippen molar-refractivity contribution in [1.82, 2.24) is 9.88 Å². The molecule has 0 radical (unpaired) electrons. The van der Waals surface area contributed by atoms with Gasteiger partial charge in [-0.05, 0) is 24.3 Å². The lowest BCUT2D eigenvalue weighted by molar-refractivity contribution is -0.116. The van der Waals surface area contributed by atoms with Crippen LogP contribution in [-0.2, 0) is 4.79 Å². The van der Waals surface area contributed by atoms with Crippen molar-refractivity contribution >= 4 is 34.2 Å². The van der Waals surface area contributed by atoms with E-state index in [0.29, 0.717) is 30.3 Å². The molecule has 1 N–H and O–H groups in total. The summed E-state index contributed by atoms with van der Waals surface area (Å²) in [5.41, 5.74) is 2.07. The molecule has 1 saturated heterocycles. The van der Waals surface area contributed by atoms with Crippen LogP contribution in [0.5, 0.6) is 11.5 Å². The van der Waals surface area contributed by atoms with Gasteiger partial charge in [-0.25, -0.2) is 4.79 Å². The summed E-state index contributed by atoms with van der Waals surface area (Å²) in [5.74, 6) is 1.03. The van der Waals surface area contributed by atoms with Gasteiger partial charge in [-0.15, -0.1) is 0 Å². The molecule has 3 heterocycles. The van der Waals surface area contributed by atoms with Crippen molar-refractivity contribution in [3.05, 3.63) is 54.7 Å². The van der Waals surface area contributed by atoms with Crippen LogP contribution in [-0.4, -0.2) is 48.2 Å². The fourth-order valence-electron chi connectivity index (χ4n) is 3.59. The fraction of sp³-hybridized carbons (Fsp3) is 0.190. The second-order valence-corrected chi connectivity index (χ2v) is 6.82. The number of para-hydroxylation sites is 1. The SMILES string of the molecule is O=C(CN1CCN(c2ccc3c(c2)OCO3)C1=O)Nc1cccc2cccnc12. The molecular formula is C21H18N4O4. The van der Waals surface area contributed by atoms with Crippen molar-refractivity contribution in [3.63, 3.8) is 0 Å². The molecule has 29 heavy (non-hydrogen) atoms. The van der Waals surface area contributed by atoms with Gasteiger partial charge >= 0.3 is 6.03 Å². The number of anilines is 2. The topological polar surface area (TPSA) is 84.0 Å². The highest BCUT2D eigenvalue weighted by Crippen LogP contribution is 2.36. The number of carbonyl (C=O) groups is 2. The number of pyridine rings is 1. The quantitative estimate of drug-likeness (QED) is 0.741. The van der Waals surface area contributed by atoms with Gasteiger partial charge in [0, 0.05) is 36.4 Å². The monoisotopic (exact) mass is 390 g/mol. The van der Waals surface area contributed by atoms with E-state index in [9.17, 15) is 9.59 Å². The Hall–Kier alpha value is -3.81. The predicted molar refractivity (Wildman–Crippen MR) is 107 cm³/mol. The molecule has 0 spiro atoms. The van der Waals surface area contributed by atoms with E-state index >= 15 is 0 Å². The van der Waals surface area contributed by atoms with Crippen molar-refractivity contribution in [3.8, 4) is 11.5 Å². The molecule has 0 atom stereocenters. The Balaban J connectivity index is 1.27. The zero-order valence-electron chi connectivity index (χ0n) is 15.5. The van der Waals surface area contributed by atoms with Gasteiger partial charge in [0.25, 0.3) is 0 Å². The second-order valence-electron chi connectivity index (χ2n) is 6.82. The molecule has 2 aliphatic heterocycles. The van der Waals surface area contributed by atoms with E-state index in [1.807, 2.05) is 30.3 Å². The van der Waals surface area contributed by atoms with Crippen molar-refractivity contribution in [2.75, 3.05) is 36.6 Å². The van der Waals surface area contributed by atoms with Crippen LogP contribution in [0.25, 0.3) is 10.9 Å². The summed E-state index contributed by atoms with van der Waals surface area (Å²) >= 11 is 0. The molecule has 3 aromatic rings. The summed E-state index contributed by atoms with van der Waals surface area (Å²) in [7, 11) is 0. The second kappa shape index (κ2) is 6.97. The van der Waals surface area contributed by atoms with E-state index in [0.717, 1.165) is 16.6 Å². The number of nitrogens with one attached hydrogen (secondary N) is 1. The zero-order chi connectivity index (χ0) is 19.8. The third-order valence-corrected chi connectivity index (χ3v) is 5.00. The number of urea groups is 1. The average molecular weight is 390 g/mol. The van der Waals surface area contributed by atoms with E-state index in [4.69, 9.17) is 9.47 Å². The van der Waals surface area contributed by atoms with E-state index in [2.05, 4.69) is 10.3 Å².